The first-order chi connectivity index (χ1) is 9.46. The number of nitro groups is 1. The van der Waals surface area contributed by atoms with Gasteiger partial charge in [0.2, 0.25) is 5.82 Å². The highest BCUT2D eigenvalue weighted by atomic mass is 19.1. The number of hydrogen-bond donors (Lipinski definition) is 1. The van der Waals surface area contributed by atoms with Crippen LogP contribution in [0.15, 0.2) is 18.2 Å². The van der Waals surface area contributed by atoms with Gasteiger partial charge in [-0.25, -0.2) is 0 Å². The Morgan fingerprint density at radius 2 is 2.30 bits per heavy atom. The minimum Gasteiger partial charge on any atom is -0.330 e. The molecule has 0 heterocycles. The molecule has 1 aliphatic rings. The maximum Gasteiger partial charge on any atom is 0.304 e. The van der Waals surface area contributed by atoms with Crippen molar-refractivity contribution in [3.8, 4) is 0 Å². The van der Waals surface area contributed by atoms with Crippen molar-refractivity contribution in [3.05, 3.63) is 39.7 Å². The maximum absolute atomic E-state index is 13.7. The molecule has 2 unspecified atom stereocenters. The van der Waals surface area contributed by atoms with Crippen LogP contribution in [0.5, 0.6) is 0 Å². The number of halogens is 1. The van der Waals surface area contributed by atoms with Crippen LogP contribution in [-0.4, -0.2) is 11.5 Å². The van der Waals surface area contributed by atoms with E-state index >= 15 is 0 Å². The highest BCUT2D eigenvalue weighted by Gasteiger charge is 2.34. The van der Waals surface area contributed by atoms with Gasteiger partial charge in [-0.15, -0.1) is 0 Å². The van der Waals surface area contributed by atoms with E-state index in [1.807, 2.05) is 0 Å². The van der Waals surface area contributed by atoms with E-state index in [1.165, 1.54) is 18.6 Å². The van der Waals surface area contributed by atoms with Crippen molar-refractivity contribution >= 4 is 5.69 Å². The minimum absolute atomic E-state index is 0.0141. The lowest BCUT2D eigenvalue weighted by molar-refractivity contribution is -0.387. The average Bonchev–Trinajstić information content (AvgIpc) is 2.38. The first-order valence-corrected chi connectivity index (χ1v) is 7.09. The van der Waals surface area contributed by atoms with Crippen molar-refractivity contribution in [2.45, 2.75) is 39.0 Å². The van der Waals surface area contributed by atoms with Gasteiger partial charge in [0.05, 0.1) is 4.92 Å². The van der Waals surface area contributed by atoms with Gasteiger partial charge in [-0.1, -0.05) is 25.8 Å². The van der Waals surface area contributed by atoms with E-state index < -0.39 is 16.4 Å². The average molecular weight is 280 g/mol. The van der Waals surface area contributed by atoms with Crippen molar-refractivity contribution in [1.82, 2.24) is 0 Å². The molecular formula is C15H21FN2O2. The predicted molar refractivity (Wildman–Crippen MR) is 75.9 cm³/mol. The Labute approximate surface area is 118 Å². The number of nitrogens with zero attached hydrogens (tertiary/aromatic N) is 1. The molecule has 0 amide bonds. The van der Waals surface area contributed by atoms with E-state index in [1.54, 1.807) is 6.07 Å². The molecule has 0 aliphatic heterocycles. The fraction of sp³-hybridized carbons (Fsp3) is 0.600. The summed E-state index contributed by atoms with van der Waals surface area (Å²) in [6.45, 7) is 2.80. The van der Waals surface area contributed by atoms with Gasteiger partial charge in [-0.05, 0) is 48.8 Å². The van der Waals surface area contributed by atoms with Crippen LogP contribution >= 0.6 is 0 Å². The topological polar surface area (TPSA) is 69.2 Å². The second-order valence-corrected chi connectivity index (χ2v) is 6.13. The molecule has 4 nitrogen and oxygen atoms in total. The number of hydrogen-bond acceptors (Lipinski definition) is 3. The van der Waals surface area contributed by atoms with Gasteiger partial charge in [-0.3, -0.25) is 10.1 Å². The Morgan fingerprint density at radius 3 is 2.85 bits per heavy atom. The van der Waals surface area contributed by atoms with E-state index in [0.29, 0.717) is 18.9 Å². The summed E-state index contributed by atoms with van der Waals surface area (Å²) < 4.78 is 13.7. The Bertz CT molecular complexity index is 507. The van der Waals surface area contributed by atoms with Crippen LogP contribution in [0.4, 0.5) is 10.1 Å². The molecule has 0 spiro atoms. The minimum atomic E-state index is -0.761. The molecule has 1 aliphatic carbocycles. The molecule has 1 aromatic rings. The van der Waals surface area contributed by atoms with E-state index in [-0.39, 0.29) is 5.41 Å². The van der Waals surface area contributed by atoms with Crippen molar-refractivity contribution in [2.24, 2.45) is 17.1 Å². The van der Waals surface area contributed by atoms with Gasteiger partial charge in [0.1, 0.15) is 0 Å². The molecule has 0 radical (unpaired) electrons. The number of nitro benzene ring substituents is 1. The summed E-state index contributed by atoms with van der Waals surface area (Å²) in [6, 6.07) is 4.19. The smallest absolute Gasteiger partial charge is 0.304 e. The zero-order valence-corrected chi connectivity index (χ0v) is 11.8. The standard InChI is InChI=1S/C15H21FN2O2/c1-11-3-2-6-15(8-11,10-17)9-12-4-5-14(18(19)20)13(16)7-12/h4-5,7,11H,2-3,6,8-10,17H2,1H3. The van der Waals surface area contributed by atoms with Gasteiger partial charge >= 0.3 is 5.69 Å². The fourth-order valence-corrected chi connectivity index (χ4v) is 3.43. The molecule has 0 saturated heterocycles. The molecule has 2 rings (SSSR count). The van der Waals surface area contributed by atoms with Gasteiger partial charge in [-0.2, -0.15) is 4.39 Å². The number of benzene rings is 1. The zero-order chi connectivity index (χ0) is 14.8. The van der Waals surface area contributed by atoms with Crippen LogP contribution in [0.2, 0.25) is 0 Å². The Balaban J connectivity index is 2.19. The molecule has 1 saturated carbocycles. The summed E-state index contributed by atoms with van der Waals surface area (Å²) in [4.78, 5) is 9.94. The van der Waals surface area contributed by atoms with Crippen molar-refractivity contribution in [3.63, 3.8) is 0 Å². The summed E-state index contributed by atoms with van der Waals surface area (Å²) in [5.74, 6) is -0.126. The molecule has 110 valence electrons. The molecule has 2 N–H and O–H groups in total. The van der Waals surface area contributed by atoms with Gasteiger partial charge in [0.25, 0.3) is 0 Å². The van der Waals surface area contributed by atoms with E-state index in [9.17, 15) is 14.5 Å². The first kappa shape index (κ1) is 14.9. The molecule has 5 heteroatoms. The second kappa shape index (κ2) is 5.87. The van der Waals surface area contributed by atoms with Crippen molar-refractivity contribution in [1.29, 1.82) is 0 Å². The molecule has 1 aromatic carbocycles. The predicted octanol–water partition coefficient (Wildman–Crippen LogP) is 3.43. The Hall–Kier alpha value is -1.49. The summed E-state index contributed by atoms with van der Waals surface area (Å²) in [5, 5.41) is 10.6. The first-order valence-electron chi connectivity index (χ1n) is 7.09. The van der Waals surface area contributed by atoms with E-state index in [2.05, 4.69) is 6.92 Å². The van der Waals surface area contributed by atoms with Crippen molar-refractivity contribution < 1.29 is 9.31 Å². The van der Waals surface area contributed by atoms with Crippen molar-refractivity contribution in [2.75, 3.05) is 6.54 Å². The van der Waals surface area contributed by atoms with E-state index in [4.69, 9.17) is 5.73 Å². The normalized spacial score (nSPS) is 26.4. The summed E-state index contributed by atoms with van der Waals surface area (Å²) in [5.41, 5.74) is 6.31. The van der Waals surface area contributed by atoms with Gasteiger partial charge < -0.3 is 5.73 Å². The lowest BCUT2D eigenvalue weighted by atomic mass is 9.67. The number of rotatable bonds is 4. The highest BCUT2D eigenvalue weighted by molar-refractivity contribution is 5.35. The quantitative estimate of drug-likeness (QED) is 0.678. The molecule has 20 heavy (non-hydrogen) atoms. The number of nitrogens with two attached hydrogens (primary N) is 1. The second-order valence-electron chi connectivity index (χ2n) is 6.13. The molecule has 1 fully saturated rings. The van der Waals surface area contributed by atoms with E-state index in [0.717, 1.165) is 24.8 Å². The monoisotopic (exact) mass is 280 g/mol. The lowest BCUT2D eigenvalue weighted by Crippen LogP contribution is -2.37. The lowest BCUT2D eigenvalue weighted by Gasteiger charge is -2.39. The third-order valence-electron chi connectivity index (χ3n) is 4.41. The van der Waals surface area contributed by atoms with Gasteiger partial charge in [0, 0.05) is 6.07 Å². The molecule has 0 bridgehead atoms. The summed E-state index contributed by atoms with van der Waals surface area (Å²) in [6.07, 6.45) is 5.15. The zero-order valence-electron chi connectivity index (χ0n) is 11.8. The Morgan fingerprint density at radius 1 is 1.55 bits per heavy atom. The third-order valence-corrected chi connectivity index (χ3v) is 4.41. The third kappa shape index (κ3) is 3.15. The maximum atomic E-state index is 13.7. The Kier molecular flexibility index (Phi) is 4.38. The van der Waals surface area contributed by atoms with Crippen LogP contribution in [0.25, 0.3) is 0 Å². The SMILES string of the molecule is CC1CCCC(CN)(Cc2ccc([N+](=O)[O-])c(F)c2)C1. The summed E-state index contributed by atoms with van der Waals surface area (Å²) in [7, 11) is 0. The van der Waals surface area contributed by atoms with Crippen LogP contribution in [0.3, 0.4) is 0 Å². The summed E-state index contributed by atoms with van der Waals surface area (Å²) >= 11 is 0. The molecular weight excluding hydrogens is 259 g/mol. The van der Waals surface area contributed by atoms with Crippen LogP contribution in [0.1, 0.15) is 38.2 Å². The molecule has 2 atom stereocenters. The van der Waals surface area contributed by atoms with Crippen LogP contribution < -0.4 is 5.73 Å². The van der Waals surface area contributed by atoms with Crippen LogP contribution in [-0.2, 0) is 6.42 Å². The fourth-order valence-electron chi connectivity index (χ4n) is 3.43. The highest BCUT2D eigenvalue weighted by Crippen LogP contribution is 2.41. The van der Waals surface area contributed by atoms with Crippen LogP contribution in [0, 0.1) is 27.3 Å². The van der Waals surface area contributed by atoms with Gasteiger partial charge in [0.15, 0.2) is 0 Å². The largest absolute Gasteiger partial charge is 0.330 e. The molecule has 0 aromatic heterocycles.